The van der Waals surface area contributed by atoms with E-state index >= 15 is 0 Å². The van der Waals surface area contributed by atoms with E-state index in [1.54, 1.807) is 11.9 Å². The fourth-order valence-electron chi connectivity index (χ4n) is 1.50. The Kier molecular flexibility index (Phi) is 5.25. The Labute approximate surface area is 105 Å². The Morgan fingerprint density at radius 3 is 2.59 bits per heavy atom. The molecule has 17 heavy (non-hydrogen) atoms. The number of carbonyl (C=O) groups excluding carboxylic acids is 1. The predicted octanol–water partition coefficient (Wildman–Crippen LogP) is 2.24. The summed E-state index contributed by atoms with van der Waals surface area (Å²) < 4.78 is 5.27. The molecular weight excluding hydrogens is 216 g/mol. The molecule has 0 aromatic carbocycles. The molecule has 1 aliphatic carbocycles. The molecule has 1 saturated carbocycles. The van der Waals surface area contributed by atoms with Gasteiger partial charge in [-0.3, -0.25) is 0 Å². The van der Waals surface area contributed by atoms with Crippen LogP contribution in [0.3, 0.4) is 0 Å². The van der Waals surface area contributed by atoms with Crippen molar-refractivity contribution in [2.24, 2.45) is 5.92 Å². The largest absolute Gasteiger partial charge is 0.444 e. The van der Waals surface area contributed by atoms with Crippen LogP contribution in [0.1, 0.15) is 40.0 Å². The number of hydrogen-bond donors (Lipinski definition) is 1. The fourth-order valence-corrected chi connectivity index (χ4v) is 1.50. The van der Waals surface area contributed by atoms with Gasteiger partial charge < -0.3 is 15.0 Å². The lowest BCUT2D eigenvalue weighted by Gasteiger charge is -2.24. The summed E-state index contributed by atoms with van der Waals surface area (Å²) in [5.41, 5.74) is -0.407. The minimum atomic E-state index is -0.407. The third-order valence-corrected chi connectivity index (χ3v) is 2.68. The van der Waals surface area contributed by atoms with Crippen molar-refractivity contribution in [1.29, 1.82) is 0 Å². The maximum Gasteiger partial charge on any atom is 0.410 e. The van der Waals surface area contributed by atoms with Crippen molar-refractivity contribution in [1.82, 2.24) is 10.2 Å². The smallest absolute Gasteiger partial charge is 0.410 e. The van der Waals surface area contributed by atoms with E-state index in [0.717, 1.165) is 32.0 Å². The van der Waals surface area contributed by atoms with Gasteiger partial charge in [-0.25, -0.2) is 4.79 Å². The van der Waals surface area contributed by atoms with Crippen molar-refractivity contribution in [2.45, 2.75) is 45.6 Å². The molecule has 1 fully saturated rings. The highest BCUT2D eigenvalue weighted by Crippen LogP contribution is 2.27. The molecule has 0 atom stereocenters. The van der Waals surface area contributed by atoms with Gasteiger partial charge >= 0.3 is 6.09 Å². The maximum absolute atomic E-state index is 11.6. The third-order valence-electron chi connectivity index (χ3n) is 2.68. The first kappa shape index (κ1) is 14.3. The number of carbonyl (C=O) groups is 1. The fraction of sp³-hybridized carbons (Fsp3) is 0.923. The predicted molar refractivity (Wildman–Crippen MR) is 69.1 cm³/mol. The van der Waals surface area contributed by atoms with Crippen LogP contribution >= 0.6 is 0 Å². The van der Waals surface area contributed by atoms with Crippen molar-refractivity contribution in [3.05, 3.63) is 0 Å². The van der Waals surface area contributed by atoms with E-state index in [2.05, 4.69) is 5.32 Å². The van der Waals surface area contributed by atoms with Gasteiger partial charge in [0.25, 0.3) is 0 Å². The topological polar surface area (TPSA) is 41.6 Å². The van der Waals surface area contributed by atoms with E-state index in [1.165, 1.54) is 12.8 Å². The monoisotopic (exact) mass is 242 g/mol. The first-order chi connectivity index (χ1) is 7.88. The Morgan fingerprint density at radius 2 is 2.06 bits per heavy atom. The molecule has 0 unspecified atom stereocenters. The van der Waals surface area contributed by atoms with E-state index in [-0.39, 0.29) is 6.09 Å². The summed E-state index contributed by atoms with van der Waals surface area (Å²) in [6.07, 6.45) is 3.50. The van der Waals surface area contributed by atoms with Gasteiger partial charge in [-0.15, -0.1) is 0 Å². The zero-order valence-electron chi connectivity index (χ0n) is 11.6. The zero-order valence-corrected chi connectivity index (χ0v) is 11.6. The van der Waals surface area contributed by atoms with Crippen LogP contribution < -0.4 is 5.32 Å². The summed E-state index contributed by atoms with van der Waals surface area (Å²) >= 11 is 0. The van der Waals surface area contributed by atoms with Crippen LogP contribution in [0.4, 0.5) is 4.79 Å². The van der Waals surface area contributed by atoms with Crippen LogP contribution in [0, 0.1) is 5.92 Å². The summed E-state index contributed by atoms with van der Waals surface area (Å²) in [5.74, 6) is 0.915. The van der Waals surface area contributed by atoms with Gasteiger partial charge in [-0.05, 0) is 59.0 Å². The van der Waals surface area contributed by atoms with Crippen molar-refractivity contribution >= 4 is 6.09 Å². The molecule has 4 heteroatoms. The molecule has 0 radical (unpaired) electrons. The summed E-state index contributed by atoms with van der Waals surface area (Å²) in [7, 11) is 1.79. The molecule has 0 saturated heterocycles. The summed E-state index contributed by atoms with van der Waals surface area (Å²) in [6.45, 7) is 8.51. The Bertz CT molecular complexity index is 244. The number of rotatable bonds is 6. The Balaban J connectivity index is 2.02. The molecule has 4 nitrogen and oxygen atoms in total. The lowest BCUT2D eigenvalue weighted by atomic mass is 10.2. The normalized spacial score (nSPS) is 15.8. The van der Waals surface area contributed by atoms with Crippen LogP contribution in [-0.4, -0.2) is 43.3 Å². The highest BCUT2D eigenvalue weighted by molar-refractivity contribution is 5.67. The second-order valence-corrected chi connectivity index (χ2v) is 5.90. The second-order valence-electron chi connectivity index (χ2n) is 5.90. The van der Waals surface area contributed by atoms with Gasteiger partial charge in [0, 0.05) is 13.6 Å². The minimum Gasteiger partial charge on any atom is -0.444 e. The lowest BCUT2D eigenvalue weighted by molar-refractivity contribution is 0.0297. The average molecular weight is 242 g/mol. The molecule has 0 bridgehead atoms. The summed E-state index contributed by atoms with van der Waals surface area (Å²) in [5, 5.41) is 3.41. The van der Waals surface area contributed by atoms with Crippen molar-refractivity contribution in [3.63, 3.8) is 0 Å². The van der Waals surface area contributed by atoms with Crippen LogP contribution in [0.5, 0.6) is 0 Å². The molecule has 0 spiro atoms. The molecule has 1 rings (SSSR count). The molecule has 0 heterocycles. The van der Waals surface area contributed by atoms with Gasteiger partial charge in [0.05, 0.1) is 0 Å². The van der Waals surface area contributed by atoms with Crippen LogP contribution in [0.2, 0.25) is 0 Å². The molecule has 1 N–H and O–H groups in total. The molecule has 0 aromatic heterocycles. The van der Waals surface area contributed by atoms with Crippen molar-refractivity contribution < 1.29 is 9.53 Å². The van der Waals surface area contributed by atoms with E-state index < -0.39 is 5.60 Å². The van der Waals surface area contributed by atoms with Crippen molar-refractivity contribution in [3.8, 4) is 0 Å². The quantitative estimate of drug-likeness (QED) is 0.726. The van der Waals surface area contributed by atoms with Gasteiger partial charge in [-0.1, -0.05) is 0 Å². The Morgan fingerprint density at radius 1 is 1.41 bits per heavy atom. The highest BCUT2D eigenvalue weighted by atomic mass is 16.6. The van der Waals surface area contributed by atoms with E-state index in [4.69, 9.17) is 4.74 Å². The van der Waals surface area contributed by atoms with Gasteiger partial charge in [0.1, 0.15) is 5.60 Å². The SMILES string of the molecule is CN(CCCNCC1CC1)C(=O)OC(C)(C)C. The third kappa shape index (κ3) is 7.21. The molecule has 0 aromatic rings. The van der Waals surface area contributed by atoms with Crippen LogP contribution in [0.25, 0.3) is 0 Å². The zero-order chi connectivity index (χ0) is 12.9. The summed E-state index contributed by atoms with van der Waals surface area (Å²) in [4.78, 5) is 13.3. The lowest BCUT2D eigenvalue weighted by Crippen LogP contribution is -2.35. The number of ether oxygens (including phenoxy) is 1. The number of nitrogens with zero attached hydrogens (tertiary/aromatic N) is 1. The number of amides is 1. The van der Waals surface area contributed by atoms with Gasteiger partial charge in [0.15, 0.2) is 0 Å². The first-order valence-electron chi connectivity index (χ1n) is 6.53. The van der Waals surface area contributed by atoms with E-state index in [0.29, 0.717) is 0 Å². The number of nitrogens with one attached hydrogen (secondary N) is 1. The Hall–Kier alpha value is -0.770. The second kappa shape index (κ2) is 6.24. The van der Waals surface area contributed by atoms with Gasteiger partial charge in [0.2, 0.25) is 0 Å². The summed E-state index contributed by atoms with van der Waals surface area (Å²) in [6, 6.07) is 0. The molecular formula is C13H26N2O2. The standard InChI is InChI=1S/C13H26N2O2/c1-13(2,3)17-12(16)15(4)9-5-8-14-10-11-6-7-11/h11,14H,5-10H2,1-4H3. The van der Waals surface area contributed by atoms with Gasteiger partial charge in [-0.2, -0.15) is 0 Å². The van der Waals surface area contributed by atoms with E-state index in [9.17, 15) is 4.79 Å². The highest BCUT2D eigenvalue weighted by Gasteiger charge is 2.20. The average Bonchev–Trinajstić information content (AvgIpc) is 2.98. The first-order valence-corrected chi connectivity index (χ1v) is 6.53. The van der Waals surface area contributed by atoms with Crippen molar-refractivity contribution in [2.75, 3.05) is 26.7 Å². The number of hydrogen-bond acceptors (Lipinski definition) is 3. The van der Waals surface area contributed by atoms with Crippen LogP contribution in [-0.2, 0) is 4.74 Å². The molecule has 100 valence electrons. The van der Waals surface area contributed by atoms with Crippen LogP contribution in [0.15, 0.2) is 0 Å². The minimum absolute atomic E-state index is 0.236. The molecule has 1 amide bonds. The van der Waals surface area contributed by atoms with E-state index in [1.807, 2.05) is 20.8 Å². The molecule has 1 aliphatic rings. The maximum atomic E-state index is 11.6. The molecule has 0 aliphatic heterocycles.